The van der Waals surface area contributed by atoms with E-state index >= 15 is 0 Å². The summed E-state index contributed by atoms with van der Waals surface area (Å²) in [5, 5.41) is 3.48. The van der Waals surface area contributed by atoms with Gasteiger partial charge in [0.25, 0.3) is 0 Å². The Bertz CT molecular complexity index is 756. The van der Waals surface area contributed by atoms with Crippen molar-refractivity contribution in [2.75, 3.05) is 0 Å². The summed E-state index contributed by atoms with van der Waals surface area (Å²) in [6.07, 6.45) is 0. The summed E-state index contributed by atoms with van der Waals surface area (Å²) in [4.78, 5) is 0. The van der Waals surface area contributed by atoms with Crippen LogP contribution < -0.4 is 10.1 Å². The molecule has 0 atom stereocenters. The third-order valence-electron chi connectivity index (χ3n) is 3.77. The van der Waals surface area contributed by atoms with Crippen molar-refractivity contribution >= 4 is 15.9 Å². The zero-order valence-electron chi connectivity index (χ0n) is 13.4. The van der Waals surface area contributed by atoms with E-state index in [4.69, 9.17) is 4.74 Å². The molecule has 0 aliphatic rings. The largest absolute Gasteiger partial charge is 0.489 e. The Morgan fingerprint density at radius 1 is 0.708 bits per heavy atom. The summed E-state index contributed by atoms with van der Waals surface area (Å²) in [6.45, 7) is 2.20. The van der Waals surface area contributed by atoms with Crippen molar-refractivity contribution in [2.45, 2.75) is 19.7 Å². The van der Waals surface area contributed by atoms with Crippen LogP contribution in [-0.4, -0.2) is 0 Å². The lowest BCUT2D eigenvalue weighted by Crippen LogP contribution is -2.13. The van der Waals surface area contributed by atoms with Gasteiger partial charge in [-0.15, -0.1) is 0 Å². The first-order valence-corrected chi connectivity index (χ1v) is 8.80. The monoisotopic (exact) mass is 381 g/mol. The molecule has 0 saturated heterocycles. The van der Waals surface area contributed by atoms with Crippen LogP contribution in [0.3, 0.4) is 0 Å². The third-order valence-corrected chi connectivity index (χ3v) is 4.30. The molecule has 3 aromatic rings. The second kappa shape index (κ2) is 8.67. The average Bonchev–Trinajstić information content (AvgIpc) is 2.63. The number of hydrogen-bond donors (Lipinski definition) is 1. The Balaban J connectivity index is 1.57. The molecule has 3 heteroatoms. The predicted molar refractivity (Wildman–Crippen MR) is 102 cm³/mol. The topological polar surface area (TPSA) is 21.3 Å². The van der Waals surface area contributed by atoms with Gasteiger partial charge < -0.3 is 10.1 Å². The van der Waals surface area contributed by atoms with Gasteiger partial charge in [-0.3, -0.25) is 0 Å². The summed E-state index contributed by atoms with van der Waals surface area (Å²) >= 11 is 3.45. The van der Waals surface area contributed by atoms with Crippen LogP contribution in [0.2, 0.25) is 0 Å². The molecule has 2 nitrogen and oxygen atoms in total. The number of ether oxygens (including phenoxy) is 1. The molecule has 0 saturated carbocycles. The van der Waals surface area contributed by atoms with E-state index in [1.165, 1.54) is 11.1 Å². The summed E-state index contributed by atoms with van der Waals surface area (Å²) in [5.41, 5.74) is 3.61. The van der Waals surface area contributed by atoms with Gasteiger partial charge in [0.1, 0.15) is 12.4 Å². The Labute approximate surface area is 151 Å². The lowest BCUT2D eigenvalue weighted by atomic mass is 10.2. The van der Waals surface area contributed by atoms with Crippen LogP contribution in [-0.2, 0) is 19.7 Å². The molecule has 0 aromatic heterocycles. The Hall–Kier alpha value is -2.10. The van der Waals surface area contributed by atoms with Crippen LogP contribution >= 0.6 is 15.9 Å². The number of para-hydroxylation sites is 1. The highest BCUT2D eigenvalue weighted by molar-refractivity contribution is 9.10. The molecule has 0 fully saturated rings. The van der Waals surface area contributed by atoms with Gasteiger partial charge in [-0.05, 0) is 29.3 Å². The number of hydrogen-bond acceptors (Lipinski definition) is 2. The Morgan fingerprint density at radius 2 is 1.42 bits per heavy atom. The van der Waals surface area contributed by atoms with Crippen molar-refractivity contribution in [3.63, 3.8) is 0 Å². The molecule has 0 aliphatic carbocycles. The first-order valence-electron chi connectivity index (χ1n) is 8.01. The first kappa shape index (κ1) is 16.7. The number of benzene rings is 3. The van der Waals surface area contributed by atoms with E-state index in [1.54, 1.807) is 0 Å². The van der Waals surface area contributed by atoms with Gasteiger partial charge in [0, 0.05) is 23.1 Å². The minimum Gasteiger partial charge on any atom is -0.489 e. The fourth-order valence-electron chi connectivity index (χ4n) is 2.47. The van der Waals surface area contributed by atoms with Crippen molar-refractivity contribution in [1.29, 1.82) is 0 Å². The van der Waals surface area contributed by atoms with Crippen LogP contribution in [0.4, 0.5) is 0 Å². The van der Waals surface area contributed by atoms with Crippen molar-refractivity contribution in [2.24, 2.45) is 0 Å². The Morgan fingerprint density at radius 3 is 2.21 bits per heavy atom. The van der Waals surface area contributed by atoms with E-state index in [-0.39, 0.29) is 0 Å². The fraction of sp³-hybridized carbons (Fsp3) is 0.143. The van der Waals surface area contributed by atoms with Gasteiger partial charge in [0.05, 0.1) is 0 Å². The number of halogens is 1. The molecule has 0 bridgehead atoms. The molecule has 0 spiro atoms. The second-order valence-corrected chi connectivity index (χ2v) is 6.53. The van der Waals surface area contributed by atoms with Gasteiger partial charge in [-0.2, -0.15) is 0 Å². The molecular weight excluding hydrogens is 362 g/mol. The van der Waals surface area contributed by atoms with E-state index in [2.05, 4.69) is 63.7 Å². The van der Waals surface area contributed by atoms with Crippen molar-refractivity contribution < 1.29 is 4.74 Å². The maximum atomic E-state index is 6.01. The minimum atomic E-state index is 0.572. The van der Waals surface area contributed by atoms with Crippen molar-refractivity contribution in [3.05, 3.63) is 100 Å². The molecule has 1 N–H and O–H groups in total. The summed E-state index contributed by atoms with van der Waals surface area (Å²) in [7, 11) is 0. The molecule has 0 amide bonds. The lowest BCUT2D eigenvalue weighted by molar-refractivity contribution is 0.302. The van der Waals surface area contributed by atoms with E-state index in [0.717, 1.165) is 28.9 Å². The average molecular weight is 382 g/mol. The molecule has 3 rings (SSSR count). The maximum absolute atomic E-state index is 6.01. The summed E-state index contributed by atoms with van der Waals surface area (Å²) < 4.78 is 7.09. The minimum absolute atomic E-state index is 0.572. The van der Waals surface area contributed by atoms with Gasteiger partial charge in [0.15, 0.2) is 0 Å². The zero-order valence-corrected chi connectivity index (χ0v) is 15.0. The molecule has 0 radical (unpaired) electrons. The second-order valence-electron chi connectivity index (χ2n) is 5.61. The quantitative estimate of drug-likeness (QED) is 0.597. The van der Waals surface area contributed by atoms with Gasteiger partial charge in [-0.1, -0.05) is 76.6 Å². The fourth-order valence-corrected chi connectivity index (χ4v) is 2.73. The first-order chi connectivity index (χ1) is 11.8. The van der Waals surface area contributed by atoms with Crippen LogP contribution in [0.1, 0.15) is 16.7 Å². The van der Waals surface area contributed by atoms with Crippen molar-refractivity contribution in [3.8, 4) is 5.75 Å². The molecule has 0 aliphatic heterocycles. The van der Waals surface area contributed by atoms with Crippen LogP contribution in [0.5, 0.6) is 5.75 Å². The van der Waals surface area contributed by atoms with Gasteiger partial charge >= 0.3 is 0 Å². The maximum Gasteiger partial charge on any atom is 0.124 e. The van der Waals surface area contributed by atoms with E-state index in [0.29, 0.717) is 6.61 Å². The Kier molecular flexibility index (Phi) is 6.05. The molecule has 24 heavy (non-hydrogen) atoms. The normalized spacial score (nSPS) is 10.5. The van der Waals surface area contributed by atoms with Gasteiger partial charge in [0.2, 0.25) is 0 Å². The molecule has 0 unspecified atom stereocenters. The third kappa shape index (κ3) is 4.95. The molecular formula is C21H20BrNO. The summed E-state index contributed by atoms with van der Waals surface area (Å²) in [6, 6.07) is 26.8. The zero-order chi connectivity index (χ0) is 16.6. The van der Waals surface area contributed by atoms with Gasteiger partial charge in [-0.25, -0.2) is 0 Å². The lowest BCUT2D eigenvalue weighted by Gasteiger charge is -2.12. The standard InChI is InChI=1S/C21H20BrNO/c22-20-12-10-18(11-13-20)16-24-21-9-5-4-8-19(21)15-23-14-17-6-2-1-3-7-17/h1-13,23H,14-16H2. The van der Waals surface area contributed by atoms with Crippen LogP contribution in [0.25, 0.3) is 0 Å². The molecule has 0 heterocycles. The highest BCUT2D eigenvalue weighted by Crippen LogP contribution is 2.20. The van der Waals surface area contributed by atoms with Crippen LogP contribution in [0, 0.1) is 0 Å². The van der Waals surface area contributed by atoms with E-state index in [1.807, 2.05) is 36.4 Å². The summed E-state index contributed by atoms with van der Waals surface area (Å²) in [5.74, 6) is 0.931. The predicted octanol–water partition coefficient (Wildman–Crippen LogP) is 5.32. The number of rotatable bonds is 7. The van der Waals surface area contributed by atoms with E-state index in [9.17, 15) is 0 Å². The SMILES string of the molecule is Brc1ccc(COc2ccccc2CNCc2ccccc2)cc1. The highest BCUT2D eigenvalue weighted by Gasteiger charge is 2.03. The highest BCUT2D eigenvalue weighted by atomic mass is 79.9. The molecule has 122 valence electrons. The number of nitrogens with one attached hydrogen (secondary N) is 1. The molecule has 3 aromatic carbocycles. The smallest absolute Gasteiger partial charge is 0.124 e. The van der Waals surface area contributed by atoms with Crippen molar-refractivity contribution in [1.82, 2.24) is 5.32 Å². The van der Waals surface area contributed by atoms with Crippen LogP contribution in [0.15, 0.2) is 83.3 Å². The van der Waals surface area contributed by atoms with E-state index < -0.39 is 0 Å².